The fraction of sp³-hybridized carbons (Fsp3) is 0.333. The summed E-state index contributed by atoms with van der Waals surface area (Å²) in [5, 5.41) is 0.0700. The number of amides is 1. The lowest BCUT2D eigenvalue weighted by Gasteiger charge is -2.24. The number of hydrogen-bond acceptors (Lipinski definition) is 5. The van der Waals surface area contributed by atoms with Gasteiger partial charge >= 0.3 is 0 Å². The molecule has 2 heterocycles. The number of pyridine rings is 1. The zero-order valence-corrected chi connectivity index (χ0v) is 14.6. The maximum atomic E-state index is 12.2. The maximum Gasteiger partial charge on any atom is 0.233 e. The van der Waals surface area contributed by atoms with E-state index in [0.29, 0.717) is 23.8 Å². The molecule has 0 radical (unpaired) electrons. The summed E-state index contributed by atoms with van der Waals surface area (Å²) in [5.74, 6) is 2.13. The van der Waals surface area contributed by atoms with Crippen molar-refractivity contribution >= 4 is 17.7 Å². The van der Waals surface area contributed by atoms with Gasteiger partial charge in [0.25, 0.3) is 0 Å². The van der Waals surface area contributed by atoms with E-state index in [4.69, 9.17) is 9.47 Å². The molecule has 1 aromatic carbocycles. The van der Waals surface area contributed by atoms with Crippen LogP contribution in [-0.4, -0.2) is 42.3 Å². The van der Waals surface area contributed by atoms with Crippen molar-refractivity contribution in [1.82, 2.24) is 9.88 Å². The number of ether oxygens (including phenoxy) is 2. The topological polar surface area (TPSA) is 51.7 Å². The highest BCUT2D eigenvalue weighted by molar-refractivity contribution is 8.00. The standard InChI is InChI=1S/C18H20N2O3S/c1-22-15-4-3-13(11-16(15)23-2)7-10-20-17(21)12-24-18(20)14-5-8-19-9-6-14/h3-6,8-9,11,18H,7,10,12H2,1-2H3/t18-/m1/s1. The Balaban J connectivity index is 1.71. The van der Waals surface area contributed by atoms with Crippen molar-refractivity contribution in [2.45, 2.75) is 11.8 Å². The summed E-state index contributed by atoms with van der Waals surface area (Å²) in [6, 6.07) is 9.82. The average Bonchev–Trinajstić information content (AvgIpc) is 3.01. The molecule has 1 amide bonds. The van der Waals surface area contributed by atoms with E-state index in [9.17, 15) is 4.79 Å². The lowest BCUT2D eigenvalue weighted by Crippen LogP contribution is -2.30. The fourth-order valence-electron chi connectivity index (χ4n) is 2.79. The van der Waals surface area contributed by atoms with Crippen LogP contribution >= 0.6 is 11.8 Å². The number of hydrogen-bond donors (Lipinski definition) is 0. The largest absolute Gasteiger partial charge is 0.493 e. The molecule has 6 heteroatoms. The molecule has 1 aromatic heterocycles. The lowest BCUT2D eigenvalue weighted by atomic mass is 10.1. The first-order valence-electron chi connectivity index (χ1n) is 7.75. The molecule has 1 aliphatic rings. The van der Waals surface area contributed by atoms with Crippen LogP contribution in [0.25, 0.3) is 0 Å². The summed E-state index contributed by atoms with van der Waals surface area (Å²) in [7, 11) is 3.25. The number of carbonyl (C=O) groups is 1. The minimum Gasteiger partial charge on any atom is -0.493 e. The molecule has 1 atom stereocenters. The summed E-state index contributed by atoms with van der Waals surface area (Å²) in [5.41, 5.74) is 2.24. The van der Waals surface area contributed by atoms with Gasteiger partial charge < -0.3 is 14.4 Å². The summed E-state index contributed by atoms with van der Waals surface area (Å²) >= 11 is 1.66. The molecule has 0 bridgehead atoms. The summed E-state index contributed by atoms with van der Waals surface area (Å²) in [6.07, 6.45) is 4.31. The molecule has 24 heavy (non-hydrogen) atoms. The van der Waals surface area contributed by atoms with E-state index >= 15 is 0 Å². The van der Waals surface area contributed by atoms with E-state index < -0.39 is 0 Å². The van der Waals surface area contributed by atoms with Crippen LogP contribution in [0.15, 0.2) is 42.7 Å². The van der Waals surface area contributed by atoms with Crippen molar-refractivity contribution in [3.63, 3.8) is 0 Å². The van der Waals surface area contributed by atoms with Crippen LogP contribution in [0, 0.1) is 0 Å². The first-order chi connectivity index (χ1) is 11.7. The Morgan fingerprint density at radius 2 is 1.92 bits per heavy atom. The van der Waals surface area contributed by atoms with Gasteiger partial charge in [0.15, 0.2) is 11.5 Å². The van der Waals surface area contributed by atoms with Crippen LogP contribution in [0.1, 0.15) is 16.5 Å². The Morgan fingerprint density at radius 3 is 2.62 bits per heavy atom. The van der Waals surface area contributed by atoms with E-state index in [-0.39, 0.29) is 11.3 Å². The van der Waals surface area contributed by atoms with Crippen LogP contribution in [0.2, 0.25) is 0 Å². The SMILES string of the molecule is COc1ccc(CCN2C(=O)CS[C@@H]2c2ccncc2)cc1OC. The van der Waals surface area contributed by atoms with Gasteiger partial charge in [0.05, 0.1) is 20.0 Å². The molecule has 1 aliphatic heterocycles. The van der Waals surface area contributed by atoms with Crippen molar-refractivity contribution in [3.8, 4) is 11.5 Å². The summed E-state index contributed by atoms with van der Waals surface area (Å²) in [4.78, 5) is 18.2. The number of thioether (sulfide) groups is 1. The Morgan fingerprint density at radius 1 is 1.17 bits per heavy atom. The van der Waals surface area contributed by atoms with Gasteiger partial charge in [0.2, 0.25) is 5.91 Å². The molecular weight excluding hydrogens is 324 g/mol. The summed E-state index contributed by atoms with van der Waals surface area (Å²) < 4.78 is 10.6. The second kappa shape index (κ2) is 7.57. The molecule has 2 aromatic rings. The second-order valence-electron chi connectivity index (χ2n) is 5.47. The van der Waals surface area contributed by atoms with Crippen molar-refractivity contribution < 1.29 is 14.3 Å². The third kappa shape index (κ3) is 3.48. The molecule has 0 N–H and O–H groups in total. The normalized spacial score (nSPS) is 17.2. The Hall–Kier alpha value is -2.21. The molecule has 1 fully saturated rings. The number of methoxy groups -OCH3 is 2. The van der Waals surface area contributed by atoms with Crippen molar-refractivity contribution in [2.75, 3.05) is 26.5 Å². The van der Waals surface area contributed by atoms with Crippen molar-refractivity contribution in [2.24, 2.45) is 0 Å². The van der Waals surface area contributed by atoms with Crippen LogP contribution in [0.4, 0.5) is 0 Å². The predicted molar refractivity (Wildman–Crippen MR) is 94.4 cm³/mol. The number of nitrogens with zero attached hydrogens (tertiary/aromatic N) is 2. The van der Waals surface area contributed by atoms with Crippen molar-refractivity contribution in [3.05, 3.63) is 53.9 Å². The van der Waals surface area contributed by atoms with Gasteiger partial charge in [-0.05, 0) is 41.8 Å². The monoisotopic (exact) mass is 344 g/mol. The van der Waals surface area contributed by atoms with Gasteiger partial charge in [-0.15, -0.1) is 11.8 Å². The maximum absolute atomic E-state index is 12.2. The van der Waals surface area contributed by atoms with E-state index in [0.717, 1.165) is 17.5 Å². The highest BCUT2D eigenvalue weighted by Crippen LogP contribution is 2.38. The number of aromatic nitrogens is 1. The zero-order valence-electron chi connectivity index (χ0n) is 13.8. The third-order valence-corrected chi connectivity index (χ3v) is 5.30. The quantitative estimate of drug-likeness (QED) is 0.806. The minimum atomic E-state index is 0.0700. The van der Waals surface area contributed by atoms with Gasteiger partial charge in [-0.3, -0.25) is 9.78 Å². The molecule has 3 rings (SSSR count). The molecule has 0 unspecified atom stereocenters. The molecule has 5 nitrogen and oxygen atoms in total. The highest BCUT2D eigenvalue weighted by Gasteiger charge is 2.32. The van der Waals surface area contributed by atoms with Gasteiger partial charge in [-0.2, -0.15) is 0 Å². The Bertz CT molecular complexity index is 709. The van der Waals surface area contributed by atoms with Crippen LogP contribution < -0.4 is 9.47 Å². The van der Waals surface area contributed by atoms with Crippen LogP contribution in [0.5, 0.6) is 11.5 Å². The van der Waals surface area contributed by atoms with E-state index in [1.165, 1.54) is 0 Å². The lowest BCUT2D eigenvalue weighted by molar-refractivity contribution is -0.128. The zero-order chi connectivity index (χ0) is 16.9. The van der Waals surface area contributed by atoms with Gasteiger partial charge in [-0.1, -0.05) is 6.07 Å². The van der Waals surface area contributed by atoms with Crippen LogP contribution in [0.3, 0.4) is 0 Å². The first-order valence-corrected chi connectivity index (χ1v) is 8.79. The number of benzene rings is 1. The van der Waals surface area contributed by atoms with Crippen LogP contribution in [-0.2, 0) is 11.2 Å². The third-order valence-electron chi connectivity index (χ3n) is 4.05. The average molecular weight is 344 g/mol. The smallest absolute Gasteiger partial charge is 0.233 e. The molecule has 0 aliphatic carbocycles. The molecule has 1 saturated heterocycles. The predicted octanol–water partition coefficient (Wildman–Crippen LogP) is 2.92. The number of carbonyl (C=O) groups excluding carboxylic acids is 1. The molecule has 126 valence electrons. The van der Waals surface area contributed by atoms with E-state index in [1.807, 2.05) is 35.2 Å². The Kier molecular flexibility index (Phi) is 5.25. The second-order valence-corrected chi connectivity index (χ2v) is 6.54. The van der Waals surface area contributed by atoms with Gasteiger partial charge in [0.1, 0.15) is 5.37 Å². The summed E-state index contributed by atoms with van der Waals surface area (Å²) in [6.45, 7) is 0.675. The van der Waals surface area contributed by atoms with Gasteiger partial charge in [0, 0.05) is 18.9 Å². The molecular formula is C18H20N2O3S. The highest BCUT2D eigenvalue weighted by atomic mass is 32.2. The minimum absolute atomic E-state index is 0.0700. The number of rotatable bonds is 6. The van der Waals surface area contributed by atoms with E-state index in [2.05, 4.69) is 4.98 Å². The van der Waals surface area contributed by atoms with Gasteiger partial charge in [-0.25, -0.2) is 0 Å². The fourth-order valence-corrected chi connectivity index (χ4v) is 4.00. The molecule has 0 spiro atoms. The van der Waals surface area contributed by atoms with Crippen molar-refractivity contribution in [1.29, 1.82) is 0 Å². The van der Waals surface area contributed by atoms with E-state index in [1.54, 1.807) is 38.4 Å². The first kappa shape index (κ1) is 16.6. The Labute approximate surface area is 146 Å². The molecule has 0 saturated carbocycles.